The SMILES string of the molecule is O=S(=O)([O-])[O-].O=S(=O)([O-])[O-].[Cd+2].[NH3+]CC[NH3+].[OH3+].[OH3+].[OH3+].[OH3+]. The Balaban J connectivity index is -0.0000000141. The van der Waals surface area contributed by atoms with E-state index in [1.165, 1.54) is 0 Å². The van der Waals surface area contributed by atoms with Crippen molar-refractivity contribution in [1.82, 2.24) is 0 Å². The third kappa shape index (κ3) is 2460. The Kier molecular flexibility index (Phi) is 71.5. The van der Waals surface area contributed by atoms with Crippen LogP contribution in [0.4, 0.5) is 0 Å². The van der Waals surface area contributed by atoms with Crippen molar-refractivity contribution in [3.63, 3.8) is 0 Å². The van der Waals surface area contributed by atoms with E-state index in [1.54, 1.807) is 0 Å². The number of rotatable bonds is 1. The van der Waals surface area contributed by atoms with Crippen molar-refractivity contribution in [3.8, 4) is 0 Å². The molecule has 0 fully saturated rings. The van der Waals surface area contributed by atoms with Crippen LogP contribution in [-0.4, -0.2) is 48.1 Å². The van der Waals surface area contributed by atoms with Gasteiger partial charge in [-0.05, 0) is 0 Å². The predicted molar refractivity (Wildman–Crippen MR) is 55.9 cm³/mol. The summed E-state index contributed by atoms with van der Waals surface area (Å²) in [5, 5.41) is 0. The average molecular weight is 443 g/mol. The molecule has 0 radical (unpaired) electrons. The monoisotopic (exact) mass is 444 g/mol. The summed E-state index contributed by atoms with van der Waals surface area (Å²) in [7, 11) is -10.3. The van der Waals surface area contributed by atoms with E-state index in [4.69, 9.17) is 35.0 Å². The molecule has 0 atom stereocenters. The minimum absolute atomic E-state index is 0. The summed E-state index contributed by atoms with van der Waals surface area (Å²) in [6.45, 7) is 1.92. The van der Waals surface area contributed by atoms with E-state index in [9.17, 15) is 0 Å². The van der Waals surface area contributed by atoms with Crippen molar-refractivity contribution >= 4 is 20.8 Å². The van der Waals surface area contributed by atoms with Crippen molar-refractivity contribution in [2.75, 3.05) is 13.1 Å². The molecule has 19 heavy (non-hydrogen) atoms. The molecule has 0 amide bonds. The second kappa shape index (κ2) is 26.9. The van der Waals surface area contributed by atoms with Crippen LogP contribution >= 0.6 is 0 Å². The fraction of sp³-hybridized carbons (Fsp3) is 1.00. The normalized spacial score (nSPS) is 7.68. The molecule has 0 aliphatic rings. The Hall–Kier alpha value is 0.422. The van der Waals surface area contributed by atoms with Crippen molar-refractivity contribution < 1.29 is 95.7 Å². The summed E-state index contributed by atoms with van der Waals surface area (Å²) in [4.78, 5) is 0. The van der Waals surface area contributed by atoms with Crippen LogP contribution in [0.15, 0.2) is 0 Å². The molecule has 0 spiro atoms. The first kappa shape index (κ1) is 50.5. The van der Waals surface area contributed by atoms with Gasteiger partial charge in [-0.1, -0.05) is 0 Å². The molecule has 14 nitrogen and oxygen atoms in total. The van der Waals surface area contributed by atoms with Gasteiger partial charge in [-0.15, -0.1) is 0 Å². The number of hydrogen-bond donors (Lipinski definition) is 2. The maximum Gasteiger partial charge on any atom is 2.00 e. The van der Waals surface area contributed by atoms with Gasteiger partial charge in [0.05, 0.1) is 0 Å². The quantitative estimate of drug-likeness (QED) is 0.169. The maximum absolute atomic E-state index is 8.52. The van der Waals surface area contributed by atoms with Crippen molar-refractivity contribution in [1.29, 1.82) is 0 Å². The molecule has 0 saturated carbocycles. The zero-order valence-corrected chi connectivity index (χ0v) is 15.6. The van der Waals surface area contributed by atoms with Gasteiger partial charge in [-0.25, -0.2) is 0 Å². The second-order valence-corrected chi connectivity index (χ2v) is 3.16. The topological polar surface area (TPSA) is 348 Å². The van der Waals surface area contributed by atoms with Gasteiger partial charge in [0.15, 0.2) is 0 Å². The van der Waals surface area contributed by atoms with Crippen LogP contribution in [0.3, 0.4) is 0 Å². The van der Waals surface area contributed by atoms with Crippen molar-refractivity contribution in [2.45, 2.75) is 0 Å². The Bertz CT molecular complexity index is 252. The van der Waals surface area contributed by atoms with Gasteiger partial charge in [0.2, 0.25) is 0 Å². The van der Waals surface area contributed by atoms with Gasteiger partial charge in [0, 0.05) is 20.8 Å². The van der Waals surface area contributed by atoms with Crippen LogP contribution in [0.1, 0.15) is 0 Å². The van der Waals surface area contributed by atoms with Crippen molar-refractivity contribution in [3.05, 3.63) is 0 Å². The van der Waals surface area contributed by atoms with E-state index in [0.29, 0.717) is 0 Å². The van der Waals surface area contributed by atoms with E-state index in [-0.39, 0.29) is 49.2 Å². The van der Waals surface area contributed by atoms with Crippen LogP contribution in [0, 0.1) is 0 Å². The molecule has 0 saturated heterocycles. The number of quaternary nitrogens is 2. The zero-order chi connectivity index (χ0) is 12.4. The van der Waals surface area contributed by atoms with Gasteiger partial charge in [-0.3, -0.25) is 16.8 Å². The molecule has 0 aromatic carbocycles. The standard InChI is InChI=1S/C2H8N2.Cd.2H2O4S.4H2O/c3-1-2-4;;2*1-5(2,3)4;;;;/h1-4H2;;2*(H2,1,2,3,4);4*1H2/q;+2;;;;;;/p+2. The van der Waals surface area contributed by atoms with Gasteiger partial charge in [0.1, 0.15) is 13.1 Å². The fourth-order valence-corrected chi connectivity index (χ4v) is 0. The summed E-state index contributed by atoms with van der Waals surface area (Å²) in [5.41, 5.74) is 7.08. The van der Waals surface area contributed by atoms with Gasteiger partial charge < -0.3 is 51.6 Å². The Morgan fingerprint density at radius 3 is 0.684 bits per heavy atom. The molecule has 0 heterocycles. The molecule has 0 aromatic heterocycles. The Morgan fingerprint density at radius 2 is 0.684 bits per heavy atom. The summed E-state index contributed by atoms with van der Waals surface area (Å²) in [6.07, 6.45) is 0. The molecular formula is C2H22CdN2O12S2+4. The molecule has 0 aliphatic carbocycles. The minimum atomic E-state index is -5.17. The molecule has 0 unspecified atom stereocenters. The van der Waals surface area contributed by atoms with Gasteiger partial charge in [-0.2, -0.15) is 0 Å². The van der Waals surface area contributed by atoms with Crippen LogP contribution in [0.2, 0.25) is 0 Å². The number of hydrogen-bond acceptors (Lipinski definition) is 8. The molecule has 0 aromatic rings. The summed E-state index contributed by atoms with van der Waals surface area (Å²) in [6, 6.07) is 0. The molecule has 17 heteroatoms. The van der Waals surface area contributed by atoms with E-state index in [2.05, 4.69) is 11.5 Å². The first-order valence-electron chi connectivity index (χ1n) is 2.83. The zero-order valence-electron chi connectivity index (χ0n) is 9.93. The summed E-state index contributed by atoms with van der Waals surface area (Å²) < 4.78 is 68.2. The maximum atomic E-state index is 8.52. The Labute approximate surface area is 129 Å². The Morgan fingerprint density at radius 1 is 0.632 bits per heavy atom. The third-order valence-corrected chi connectivity index (χ3v) is 0.250. The van der Waals surface area contributed by atoms with Crippen LogP contribution in [-0.2, 0) is 70.0 Å². The van der Waals surface area contributed by atoms with Crippen LogP contribution in [0.5, 0.6) is 0 Å². The molecule has 0 bridgehead atoms. The van der Waals surface area contributed by atoms with E-state index < -0.39 is 20.8 Å². The first-order chi connectivity index (χ1) is 5.91. The van der Waals surface area contributed by atoms with E-state index in [0.717, 1.165) is 13.1 Å². The summed E-state index contributed by atoms with van der Waals surface area (Å²) >= 11 is 0. The van der Waals surface area contributed by atoms with Gasteiger partial charge >= 0.3 is 27.3 Å². The van der Waals surface area contributed by atoms with Crippen LogP contribution in [0.25, 0.3) is 0 Å². The fourth-order valence-electron chi connectivity index (χ4n) is 0. The smallest absolute Gasteiger partial charge is 0.759 e. The molecule has 0 aliphatic heterocycles. The average Bonchev–Trinajstić information content (AvgIpc) is 1.79. The van der Waals surface area contributed by atoms with E-state index >= 15 is 0 Å². The third-order valence-electron chi connectivity index (χ3n) is 0.250. The molecule has 18 N–H and O–H groups in total. The van der Waals surface area contributed by atoms with Crippen LogP contribution < -0.4 is 11.5 Å². The predicted octanol–water partition coefficient (Wildman–Crippen LogP) is -8.90. The molecular weight excluding hydrogens is 421 g/mol. The minimum Gasteiger partial charge on any atom is -0.759 e. The van der Waals surface area contributed by atoms with E-state index in [1.807, 2.05) is 0 Å². The molecule has 0 rings (SSSR count). The van der Waals surface area contributed by atoms with Crippen molar-refractivity contribution in [2.24, 2.45) is 0 Å². The largest absolute Gasteiger partial charge is 2.00 e. The molecule has 122 valence electrons. The first-order valence-corrected chi connectivity index (χ1v) is 5.50. The second-order valence-electron chi connectivity index (χ2n) is 1.52. The van der Waals surface area contributed by atoms with Gasteiger partial charge in [0.25, 0.3) is 0 Å². The summed E-state index contributed by atoms with van der Waals surface area (Å²) in [5.74, 6) is 0.